The molecule has 168 valence electrons. The number of para-hydroxylation sites is 4. The Morgan fingerprint density at radius 3 is 2.40 bits per heavy atom. The van der Waals surface area contributed by atoms with Gasteiger partial charge in [-0.15, -0.1) is 0 Å². The molecule has 0 atom stereocenters. The summed E-state index contributed by atoms with van der Waals surface area (Å²) in [5.74, 6) is -1.50. The van der Waals surface area contributed by atoms with E-state index in [9.17, 15) is 1.37 Å². The molecule has 0 fully saturated rings. The lowest BCUT2D eigenvalue weighted by Crippen LogP contribution is -2.24. The van der Waals surface area contributed by atoms with Gasteiger partial charge in [0.05, 0.1) is 20.6 Å². The van der Waals surface area contributed by atoms with Crippen LogP contribution in [0, 0.1) is 0 Å². The van der Waals surface area contributed by atoms with Gasteiger partial charge < -0.3 is 9.30 Å². The smallest absolute Gasteiger partial charge is 0.131 e. The fraction of sp³-hybridized carbons (Fsp3) is 0.0909. The van der Waals surface area contributed by atoms with E-state index in [0.717, 1.165) is 22.0 Å². The van der Waals surface area contributed by atoms with Gasteiger partial charge in [0.2, 0.25) is 0 Å². The van der Waals surface area contributed by atoms with Crippen molar-refractivity contribution in [3.8, 4) is 28.3 Å². The zero-order valence-corrected chi connectivity index (χ0v) is 18.3. The fourth-order valence-electron chi connectivity index (χ4n) is 4.80. The molecule has 0 unspecified atom stereocenters. The Hall–Kier alpha value is -4.30. The van der Waals surface area contributed by atoms with Crippen LogP contribution >= 0.6 is 0 Å². The van der Waals surface area contributed by atoms with Crippen LogP contribution in [0.15, 0.2) is 115 Å². The monoisotopic (exact) mass is 464 g/mol. The normalized spacial score (nSPS) is 19.9. The Morgan fingerprint density at radius 2 is 1.51 bits per heavy atom. The Labute approximate surface area is 223 Å². The third kappa shape index (κ3) is 2.90. The zero-order chi connectivity index (χ0) is 34.7. The average molecular weight is 465 g/mol. The molecule has 35 heavy (non-hydrogen) atoms. The van der Waals surface area contributed by atoms with Gasteiger partial charge in [-0.3, -0.25) is 0 Å². The first kappa shape index (κ1) is 11.0. The molecule has 0 bridgehead atoms. The van der Waals surface area contributed by atoms with Gasteiger partial charge >= 0.3 is 0 Å². The lowest BCUT2D eigenvalue weighted by atomic mass is 9.75. The highest BCUT2D eigenvalue weighted by atomic mass is 16.5. The summed E-state index contributed by atoms with van der Waals surface area (Å²) in [6.07, 6.45) is 0. The number of aromatic nitrogens is 1. The Morgan fingerprint density at radius 1 is 0.743 bits per heavy atom. The first-order valence-electron chi connectivity index (χ1n) is 17.6. The minimum Gasteiger partial charge on any atom is -0.457 e. The lowest BCUT2D eigenvalue weighted by molar-refractivity contribution is 0.418. The summed E-state index contributed by atoms with van der Waals surface area (Å²) in [6, 6.07) is 16.6. The molecule has 2 heteroatoms. The van der Waals surface area contributed by atoms with Crippen molar-refractivity contribution in [3.05, 3.63) is 126 Å². The maximum absolute atomic E-state index is 9.58. The van der Waals surface area contributed by atoms with Crippen molar-refractivity contribution >= 4 is 21.8 Å². The van der Waals surface area contributed by atoms with Crippen molar-refractivity contribution < 1.29 is 22.6 Å². The highest BCUT2D eigenvalue weighted by Gasteiger charge is 2.34. The van der Waals surface area contributed by atoms with E-state index in [1.165, 1.54) is 0 Å². The Kier molecular flexibility index (Phi) is 2.30. The SMILES string of the molecule is [2H]c1c([2H])c([2H])c2c(c1[2H])Oc1c([2H])c([2H])c(-c3cccc4c5ccccc5n(-c5ccccc5)c34)c([2H])c1C2(C([2H])([2H])[2H])C([2H])([2H])[2H]. The van der Waals surface area contributed by atoms with Crippen LogP contribution < -0.4 is 4.74 Å². The molecule has 0 spiro atoms. The molecule has 7 rings (SSSR count). The number of benzene rings is 5. The molecule has 0 saturated heterocycles. The van der Waals surface area contributed by atoms with E-state index in [1.54, 1.807) is 12.1 Å². The van der Waals surface area contributed by atoms with E-state index < -0.39 is 84.0 Å². The van der Waals surface area contributed by atoms with Gasteiger partial charge in [-0.2, -0.15) is 0 Å². The minimum absolute atomic E-state index is 0.227. The van der Waals surface area contributed by atoms with Crippen molar-refractivity contribution in [1.29, 1.82) is 0 Å². The van der Waals surface area contributed by atoms with Gasteiger partial charge in [0, 0.05) is 46.8 Å². The number of ether oxygens (including phenoxy) is 1. The molecule has 1 aliphatic rings. The third-order valence-corrected chi connectivity index (χ3v) is 6.36. The van der Waals surface area contributed by atoms with Crippen molar-refractivity contribution in [3.63, 3.8) is 0 Å². The fourth-order valence-corrected chi connectivity index (χ4v) is 4.80. The summed E-state index contributed by atoms with van der Waals surface area (Å²) in [6.45, 7) is -7.12. The maximum atomic E-state index is 9.58. The number of rotatable bonds is 2. The van der Waals surface area contributed by atoms with Crippen LogP contribution in [0.4, 0.5) is 0 Å². The van der Waals surface area contributed by atoms with Crippen molar-refractivity contribution in [2.24, 2.45) is 0 Å². The number of nitrogens with zero attached hydrogens (tertiary/aromatic N) is 1. The summed E-state index contributed by atoms with van der Waals surface area (Å²) < 4.78 is 121. The largest absolute Gasteiger partial charge is 0.457 e. The molecule has 1 aliphatic heterocycles. The molecule has 2 heterocycles. The van der Waals surface area contributed by atoms with E-state index in [-0.39, 0.29) is 11.1 Å². The molecule has 1 aromatic heterocycles. The number of hydrogen-bond donors (Lipinski definition) is 0. The summed E-state index contributed by atoms with van der Waals surface area (Å²) in [5.41, 5.74) is -2.77. The van der Waals surface area contributed by atoms with Crippen LogP contribution in [-0.2, 0) is 5.41 Å². The summed E-state index contributed by atoms with van der Waals surface area (Å²) >= 11 is 0. The van der Waals surface area contributed by atoms with E-state index in [1.807, 2.05) is 65.2 Å². The van der Waals surface area contributed by atoms with Crippen LogP contribution in [0.5, 0.6) is 11.5 Å². The highest BCUT2D eigenvalue weighted by Crippen LogP contribution is 2.49. The molecule has 6 aromatic rings. The number of fused-ring (bicyclic) bond motifs is 5. The molecule has 0 radical (unpaired) electrons. The zero-order valence-electron chi connectivity index (χ0n) is 31.3. The van der Waals surface area contributed by atoms with Gasteiger partial charge in [0.25, 0.3) is 0 Å². The second-order valence-corrected chi connectivity index (χ2v) is 8.40. The first-order valence-corrected chi connectivity index (χ1v) is 11.1. The second-order valence-electron chi connectivity index (χ2n) is 8.40. The Bertz CT molecular complexity index is 2310. The molecule has 0 aliphatic carbocycles. The van der Waals surface area contributed by atoms with Crippen molar-refractivity contribution in [1.82, 2.24) is 4.57 Å². The van der Waals surface area contributed by atoms with E-state index in [0.29, 0.717) is 5.52 Å². The summed E-state index contributed by atoms with van der Waals surface area (Å²) in [5, 5.41) is 1.57. The molecular formula is C33H25NO. The maximum Gasteiger partial charge on any atom is 0.131 e. The van der Waals surface area contributed by atoms with Crippen molar-refractivity contribution in [2.45, 2.75) is 19.1 Å². The molecule has 0 N–H and O–H groups in total. The van der Waals surface area contributed by atoms with Crippen LogP contribution in [0.1, 0.15) is 42.7 Å². The van der Waals surface area contributed by atoms with Crippen molar-refractivity contribution in [2.75, 3.05) is 0 Å². The summed E-state index contributed by atoms with van der Waals surface area (Å²) in [7, 11) is 0. The predicted octanol–water partition coefficient (Wildman–Crippen LogP) is 8.88. The molecule has 5 aromatic carbocycles. The standard InChI is InChI=1S/C33H25NO/c1-33(2)27-16-7-9-18-30(27)35-31-20-19-22(21-28(31)33)24-14-10-15-26-25-13-6-8-17-29(25)34(32(24)26)23-11-4-3-5-12-23/h3-21H,1-2H3/i1D3,2D3,7D,9D,16D,18D,19D,20D,21D. The third-order valence-electron chi connectivity index (χ3n) is 6.36. The molecule has 2 nitrogen and oxygen atoms in total. The minimum atomic E-state index is -3.56. The van der Waals surface area contributed by atoms with E-state index in [4.69, 9.17) is 21.2 Å². The van der Waals surface area contributed by atoms with Gasteiger partial charge in [-0.1, -0.05) is 92.5 Å². The second kappa shape index (κ2) is 7.35. The first-order chi connectivity index (χ1) is 22.6. The highest BCUT2D eigenvalue weighted by molar-refractivity contribution is 6.13. The molecular weight excluding hydrogens is 426 g/mol. The van der Waals surface area contributed by atoms with Crippen LogP contribution in [0.3, 0.4) is 0 Å². The van der Waals surface area contributed by atoms with E-state index in [2.05, 4.69) is 0 Å². The van der Waals surface area contributed by atoms with Crippen LogP contribution in [0.25, 0.3) is 38.6 Å². The van der Waals surface area contributed by atoms with E-state index >= 15 is 0 Å². The van der Waals surface area contributed by atoms with Gasteiger partial charge in [0.15, 0.2) is 0 Å². The molecule has 0 saturated carbocycles. The lowest BCUT2D eigenvalue weighted by Gasteiger charge is -2.34. The number of hydrogen-bond acceptors (Lipinski definition) is 1. The topological polar surface area (TPSA) is 14.2 Å². The summed E-state index contributed by atoms with van der Waals surface area (Å²) in [4.78, 5) is 0. The van der Waals surface area contributed by atoms with Gasteiger partial charge in [-0.25, -0.2) is 0 Å². The molecule has 0 amide bonds. The Balaban J connectivity index is 1.70. The van der Waals surface area contributed by atoms with Crippen LogP contribution in [-0.4, -0.2) is 4.57 Å². The van der Waals surface area contributed by atoms with Gasteiger partial charge in [-0.05, 0) is 41.9 Å². The van der Waals surface area contributed by atoms with Crippen LogP contribution in [0.2, 0.25) is 0 Å². The van der Waals surface area contributed by atoms with Gasteiger partial charge in [0.1, 0.15) is 11.5 Å². The predicted molar refractivity (Wildman–Crippen MR) is 145 cm³/mol. The average Bonchev–Trinajstić information content (AvgIpc) is 3.39. The quantitative estimate of drug-likeness (QED) is 0.249.